The number of alkyl halides is 4. The number of aromatic nitrogens is 3. The molecule has 0 fully saturated rings. The summed E-state index contributed by atoms with van der Waals surface area (Å²) in [7, 11) is 0. The first-order valence-electron chi connectivity index (χ1n) is 6.65. The molecule has 3 rings (SSSR count). The van der Waals surface area contributed by atoms with Crippen molar-refractivity contribution in [2.24, 2.45) is 0 Å². The minimum absolute atomic E-state index is 0.140. The van der Waals surface area contributed by atoms with Gasteiger partial charge in [0.25, 0.3) is 0 Å². The Hall–Kier alpha value is -2.32. The van der Waals surface area contributed by atoms with Gasteiger partial charge in [0.2, 0.25) is 5.79 Å². The average molecular weight is 315 g/mol. The van der Waals surface area contributed by atoms with E-state index in [9.17, 15) is 13.2 Å². The maximum atomic E-state index is 15.0. The van der Waals surface area contributed by atoms with E-state index in [1.165, 1.54) is 29.2 Å². The molecule has 0 saturated heterocycles. The monoisotopic (exact) mass is 315 g/mol. The maximum Gasteiger partial charge on any atom is 0.394 e. The number of pyridine rings is 1. The quantitative estimate of drug-likeness (QED) is 0.674. The molecule has 0 radical (unpaired) electrons. The molecule has 3 heterocycles. The molecule has 9 heteroatoms. The highest BCUT2D eigenvalue weighted by Crippen LogP contribution is 2.44. The smallest absolute Gasteiger partial charge is 0.369 e. The Morgan fingerprint density at radius 1 is 1.41 bits per heavy atom. The van der Waals surface area contributed by atoms with Crippen molar-refractivity contribution in [1.82, 2.24) is 14.8 Å². The number of nitrogens with zero attached hydrogens (tertiary/aromatic N) is 3. The minimum Gasteiger partial charge on any atom is -0.369 e. The van der Waals surface area contributed by atoms with Gasteiger partial charge in [-0.15, -0.1) is 5.10 Å². The van der Waals surface area contributed by atoms with Gasteiger partial charge in [-0.3, -0.25) is 4.98 Å². The Balaban J connectivity index is 2.11. The van der Waals surface area contributed by atoms with Crippen LogP contribution in [-0.2, 0) is 5.79 Å². The van der Waals surface area contributed by atoms with Crippen molar-refractivity contribution in [2.75, 3.05) is 17.2 Å². The van der Waals surface area contributed by atoms with Gasteiger partial charge >= 0.3 is 6.18 Å². The predicted octanol–water partition coefficient (Wildman–Crippen LogP) is 3.20. The van der Waals surface area contributed by atoms with Crippen molar-refractivity contribution in [3.63, 3.8) is 0 Å². The Kier molecular flexibility index (Phi) is 3.22. The summed E-state index contributed by atoms with van der Waals surface area (Å²) in [6, 6.07) is 2.69. The standard InChI is InChI=1S/C13H13F4N5/c1-2-19-10-5-11-20-12(14,7-13(15,16)17)8-3-4-18-6-9(8)22(11)21-10/h3-6,20H,2,7H2,1H3,(H,19,21). The minimum atomic E-state index is -4.66. The van der Waals surface area contributed by atoms with Crippen LogP contribution in [0.25, 0.3) is 5.69 Å². The Morgan fingerprint density at radius 2 is 2.18 bits per heavy atom. The van der Waals surface area contributed by atoms with Crippen LogP contribution in [0.4, 0.5) is 29.2 Å². The zero-order valence-corrected chi connectivity index (χ0v) is 11.6. The fourth-order valence-electron chi connectivity index (χ4n) is 2.50. The van der Waals surface area contributed by atoms with E-state index in [1.807, 2.05) is 6.92 Å². The summed E-state index contributed by atoms with van der Waals surface area (Å²) in [6.45, 7) is 2.43. The van der Waals surface area contributed by atoms with Crippen molar-refractivity contribution in [1.29, 1.82) is 0 Å². The zero-order chi connectivity index (χ0) is 16.0. The second-order valence-electron chi connectivity index (χ2n) is 4.97. The molecule has 1 aliphatic rings. The lowest BCUT2D eigenvalue weighted by Gasteiger charge is -2.34. The molecule has 2 aromatic heterocycles. The lowest BCUT2D eigenvalue weighted by molar-refractivity contribution is -0.159. The molecule has 2 aromatic rings. The van der Waals surface area contributed by atoms with E-state index in [4.69, 9.17) is 0 Å². The summed E-state index contributed by atoms with van der Waals surface area (Å²) < 4.78 is 54.6. The van der Waals surface area contributed by atoms with E-state index in [1.54, 1.807) is 0 Å². The normalized spacial score (nSPS) is 20.0. The molecule has 1 atom stereocenters. The summed E-state index contributed by atoms with van der Waals surface area (Å²) in [5.41, 5.74) is 0.0469. The number of rotatable bonds is 3. The number of anilines is 2. The maximum absolute atomic E-state index is 15.0. The largest absolute Gasteiger partial charge is 0.394 e. The van der Waals surface area contributed by atoms with Crippen molar-refractivity contribution >= 4 is 11.6 Å². The van der Waals surface area contributed by atoms with Crippen LogP contribution < -0.4 is 10.6 Å². The molecule has 22 heavy (non-hydrogen) atoms. The summed E-state index contributed by atoms with van der Waals surface area (Å²) in [5.74, 6) is -2.17. The molecule has 5 nitrogen and oxygen atoms in total. The second-order valence-corrected chi connectivity index (χ2v) is 4.97. The van der Waals surface area contributed by atoms with Gasteiger partial charge < -0.3 is 10.6 Å². The number of hydrogen-bond donors (Lipinski definition) is 2. The third kappa shape index (κ3) is 2.46. The van der Waals surface area contributed by atoms with Crippen molar-refractivity contribution in [2.45, 2.75) is 25.3 Å². The summed E-state index contributed by atoms with van der Waals surface area (Å²) in [4.78, 5) is 3.86. The van der Waals surface area contributed by atoms with Crippen molar-refractivity contribution in [3.8, 4) is 5.69 Å². The van der Waals surface area contributed by atoms with E-state index in [-0.39, 0.29) is 17.1 Å². The predicted molar refractivity (Wildman–Crippen MR) is 72.6 cm³/mol. The van der Waals surface area contributed by atoms with E-state index in [0.717, 1.165) is 0 Å². The zero-order valence-electron chi connectivity index (χ0n) is 11.6. The van der Waals surface area contributed by atoms with E-state index >= 15 is 4.39 Å². The molecule has 0 aliphatic carbocycles. The highest BCUT2D eigenvalue weighted by atomic mass is 19.4. The first-order chi connectivity index (χ1) is 10.3. The lowest BCUT2D eigenvalue weighted by atomic mass is 9.98. The third-order valence-electron chi connectivity index (χ3n) is 3.29. The Labute approximate surface area is 123 Å². The summed E-state index contributed by atoms with van der Waals surface area (Å²) in [6.07, 6.45) is -3.74. The van der Waals surface area contributed by atoms with Gasteiger partial charge in [-0.25, -0.2) is 9.07 Å². The van der Waals surface area contributed by atoms with Crippen LogP contribution in [0.2, 0.25) is 0 Å². The highest BCUT2D eigenvalue weighted by Gasteiger charge is 2.48. The van der Waals surface area contributed by atoms with E-state index < -0.39 is 18.4 Å². The SMILES string of the molecule is CCNc1cc2n(n1)-c1cnccc1C(F)(CC(F)(F)F)N2. The van der Waals surface area contributed by atoms with Gasteiger partial charge in [0.05, 0.1) is 11.9 Å². The van der Waals surface area contributed by atoms with Crippen LogP contribution in [0.1, 0.15) is 18.9 Å². The van der Waals surface area contributed by atoms with Crippen molar-refractivity contribution < 1.29 is 17.6 Å². The molecule has 0 amide bonds. The lowest BCUT2D eigenvalue weighted by Crippen LogP contribution is -2.40. The topological polar surface area (TPSA) is 54.8 Å². The molecule has 0 bridgehead atoms. The summed E-state index contributed by atoms with van der Waals surface area (Å²) in [5, 5.41) is 9.44. The molecule has 0 spiro atoms. The van der Waals surface area contributed by atoms with Gasteiger partial charge in [-0.05, 0) is 13.0 Å². The van der Waals surface area contributed by atoms with Crippen LogP contribution in [0.15, 0.2) is 24.5 Å². The fourth-order valence-corrected chi connectivity index (χ4v) is 2.50. The van der Waals surface area contributed by atoms with Crippen LogP contribution in [0.3, 0.4) is 0 Å². The molecule has 0 saturated carbocycles. The number of hydrogen-bond acceptors (Lipinski definition) is 4. The number of fused-ring (bicyclic) bond motifs is 3. The molecular formula is C13H13F4N5. The molecule has 118 valence electrons. The molecule has 0 aromatic carbocycles. The third-order valence-corrected chi connectivity index (χ3v) is 3.29. The van der Waals surface area contributed by atoms with Crippen LogP contribution in [-0.4, -0.2) is 27.5 Å². The number of halogens is 4. The average Bonchev–Trinajstić information content (AvgIpc) is 2.79. The van der Waals surface area contributed by atoms with E-state index in [2.05, 4.69) is 20.7 Å². The van der Waals surface area contributed by atoms with Gasteiger partial charge in [-0.2, -0.15) is 13.2 Å². The van der Waals surface area contributed by atoms with Crippen LogP contribution >= 0.6 is 0 Å². The van der Waals surface area contributed by atoms with Gasteiger partial charge in [0, 0.05) is 24.4 Å². The Morgan fingerprint density at radius 3 is 2.86 bits per heavy atom. The van der Waals surface area contributed by atoms with Gasteiger partial charge in [0.15, 0.2) is 5.82 Å². The first kappa shape index (κ1) is 14.6. The second kappa shape index (κ2) is 4.85. The van der Waals surface area contributed by atoms with Crippen LogP contribution in [0, 0.1) is 0 Å². The van der Waals surface area contributed by atoms with Gasteiger partial charge in [-0.1, -0.05) is 0 Å². The molecule has 2 N–H and O–H groups in total. The number of nitrogens with one attached hydrogen (secondary N) is 2. The highest BCUT2D eigenvalue weighted by molar-refractivity contribution is 5.61. The van der Waals surface area contributed by atoms with Gasteiger partial charge in [0.1, 0.15) is 12.2 Å². The molecular weight excluding hydrogens is 302 g/mol. The van der Waals surface area contributed by atoms with Crippen molar-refractivity contribution in [3.05, 3.63) is 30.1 Å². The molecule has 1 unspecified atom stereocenters. The Bertz CT molecular complexity index is 696. The fraction of sp³-hybridized carbons (Fsp3) is 0.385. The van der Waals surface area contributed by atoms with Crippen LogP contribution in [0.5, 0.6) is 0 Å². The summed E-state index contributed by atoms with van der Waals surface area (Å²) >= 11 is 0. The molecule has 1 aliphatic heterocycles. The first-order valence-corrected chi connectivity index (χ1v) is 6.65. The van der Waals surface area contributed by atoms with E-state index in [0.29, 0.717) is 12.4 Å².